The second-order valence-electron chi connectivity index (χ2n) is 21.5. The molecule has 1 aliphatic rings. The van der Waals surface area contributed by atoms with Crippen LogP contribution in [0.4, 0.5) is 57.0 Å². The average molecular weight is 1290 g/mol. The van der Waals surface area contributed by atoms with Crippen LogP contribution in [0.25, 0.3) is 77.0 Å². The Hall–Kier alpha value is -10.3. The number of aromatic nitrogens is 2. The molecule has 1 aliphatic heterocycles. The highest BCUT2D eigenvalue weighted by Gasteiger charge is 2.40. The first-order chi connectivity index (χ1) is 43.7. The van der Waals surface area contributed by atoms with E-state index in [1.165, 1.54) is 48.5 Å². The van der Waals surface area contributed by atoms with Gasteiger partial charge in [-0.3, -0.25) is 19.4 Å². The molecule has 0 saturated heterocycles. The number of esters is 3. The molecule has 7 aromatic carbocycles. The van der Waals surface area contributed by atoms with Gasteiger partial charge >= 0.3 is 50.7 Å². The van der Waals surface area contributed by atoms with Crippen molar-refractivity contribution in [2.75, 3.05) is 13.2 Å². The SMILES string of the molecule is CCOC(=O)C1=C/C(=C(/c2cc(C(=O)OCC)c(C)[nH]2)c2c(C)cc(OC(=O)Cc3ccc(-n4c(=O)c5cc(-c6cc(C(F)(F)F)cc(C(F)(F)F)c6)c6oc7ccccc7c7c(-c8cc(C(F)(F)F)cc(C(F)(F)F)c8)cc(c4=O)c5c67)cc3)cc2C)N=C1C.[B]F. The third-order valence-electron chi connectivity index (χ3n) is 15.4. The number of halogens is 13. The number of aryl methyl sites for hydroxylation is 3. The Morgan fingerprint density at radius 2 is 1.10 bits per heavy atom. The average Bonchev–Trinajstić information content (AvgIpc) is 1.34. The number of alkyl halides is 12. The van der Waals surface area contributed by atoms with Crippen LogP contribution in [0, 0.1) is 20.8 Å². The fourth-order valence-electron chi connectivity index (χ4n) is 11.5. The van der Waals surface area contributed by atoms with E-state index in [1.54, 1.807) is 65.8 Å². The maximum atomic E-state index is 15.1. The summed E-state index contributed by atoms with van der Waals surface area (Å²) in [5, 5.41) is -2.20. The van der Waals surface area contributed by atoms with Crippen molar-refractivity contribution >= 4 is 80.8 Å². The lowest BCUT2D eigenvalue weighted by Crippen LogP contribution is -2.32. The molecule has 0 fully saturated rings. The van der Waals surface area contributed by atoms with E-state index in [9.17, 15) is 67.1 Å². The predicted octanol–water partition coefficient (Wildman–Crippen LogP) is 16.6. The third kappa shape index (κ3) is 12.4. The lowest BCUT2D eigenvalue weighted by molar-refractivity contribution is -0.144. The second kappa shape index (κ2) is 24.4. The molecule has 3 aromatic heterocycles. The highest BCUT2D eigenvalue weighted by molar-refractivity contribution is 6.32. The second-order valence-corrected chi connectivity index (χ2v) is 21.5. The quantitative estimate of drug-likeness (QED) is 0.0314. The van der Waals surface area contributed by atoms with Crippen molar-refractivity contribution in [3.63, 3.8) is 0 Å². The number of allylic oxidation sites excluding steroid dienone is 1. The van der Waals surface area contributed by atoms with Crippen molar-refractivity contribution in [1.82, 2.24) is 9.55 Å². The number of H-pyrrole nitrogens is 1. The maximum absolute atomic E-state index is 15.1. The molecule has 10 aromatic rings. The summed E-state index contributed by atoms with van der Waals surface area (Å²) in [4.78, 5) is 77.8. The summed E-state index contributed by atoms with van der Waals surface area (Å²) in [6, 6.07) is 18.2. The number of benzene rings is 7. The minimum absolute atomic E-state index is 0.0555. The minimum Gasteiger partial charge on any atom is -0.462 e. The molecule has 0 aliphatic carbocycles. The molecule has 2 radical (unpaired) electrons. The first kappa shape index (κ1) is 65.7. The normalized spacial score (nSPS) is 13.5. The third-order valence-corrected chi connectivity index (χ3v) is 15.4. The lowest BCUT2D eigenvalue weighted by Gasteiger charge is -2.21. The summed E-state index contributed by atoms with van der Waals surface area (Å²) >= 11 is 0. The number of aliphatic imine (C=N–C) groups is 1. The van der Waals surface area contributed by atoms with Crippen molar-refractivity contribution < 1.29 is 90.0 Å². The zero-order valence-corrected chi connectivity index (χ0v) is 49.2. The molecule has 476 valence electrons. The van der Waals surface area contributed by atoms with E-state index in [0.717, 1.165) is 12.1 Å². The van der Waals surface area contributed by atoms with Gasteiger partial charge in [0.05, 0.1) is 70.1 Å². The van der Waals surface area contributed by atoms with Gasteiger partial charge < -0.3 is 27.9 Å². The summed E-state index contributed by atoms with van der Waals surface area (Å²) in [6.45, 7) is 10.3. The smallest absolute Gasteiger partial charge is 0.416 e. The fraction of sp³-hybridized carbons (Fsp3) is 0.194. The summed E-state index contributed by atoms with van der Waals surface area (Å²) in [5.41, 5.74) is -8.86. The molecule has 93 heavy (non-hydrogen) atoms. The zero-order valence-electron chi connectivity index (χ0n) is 49.2. The van der Waals surface area contributed by atoms with E-state index in [2.05, 4.69) is 13.1 Å². The number of ether oxygens (including phenoxy) is 3. The topological polar surface area (TPSA) is 159 Å². The number of fused-ring (bicyclic) bond motifs is 2. The van der Waals surface area contributed by atoms with Gasteiger partial charge in [0, 0.05) is 54.8 Å². The van der Waals surface area contributed by atoms with E-state index in [0.29, 0.717) is 73.9 Å². The van der Waals surface area contributed by atoms with Gasteiger partial charge in [-0.1, -0.05) is 30.3 Å². The molecule has 12 nitrogen and oxygen atoms in total. The van der Waals surface area contributed by atoms with Crippen molar-refractivity contribution in [3.05, 3.63) is 215 Å². The molecule has 0 saturated carbocycles. The van der Waals surface area contributed by atoms with E-state index < -0.39 is 126 Å². The molecule has 0 amide bonds. The van der Waals surface area contributed by atoms with Gasteiger partial charge in [0.15, 0.2) is 0 Å². The molecule has 0 unspecified atom stereocenters. The van der Waals surface area contributed by atoms with Gasteiger partial charge in [-0.2, -0.15) is 52.7 Å². The number of nitrogens with zero attached hydrogens (tertiary/aromatic N) is 2. The number of pyridine rings is 1. The Bertz CT molecular complexity index is 4830. The number of aromatic amines is 1. The molecule has 1 N–H and O–H groups in total. The Morgan fingerprint density at radius 3 is 1.62 bits per heavy atom. The number of hydrogen-bond acceptors (Lipinski definition) is 10. The number of rotatable bonds is 12. The Morgan fingerprint density at radius 1 is 0.591 bits per heavy atom. The maximum Gasteiger partial charge on any atom is 0.416 e. The van der Waals surface area contributed by atoms with Crippen LogP contribution < -0.4 is 15.9 Å². The number of carbonyl (C=O) groups is 3. The standard InChI is InChI=1S/C67H45F12N3O9.BF/c1-7-88-62(86)44-28-50(80-32(44)5)57(51-29-45(33(6)81-51)63(87)89-8-2)54-30(3)17-42(18-31(54)4)90-53(83)19-34-13-15-41(16-14-34)82-60(84)48-26-46(35-20-37(64(68,69)70)24-38(21-35)65(71,72)73)55-43-11-9-10-12-52(43)91-59-47(27-49(61(82)85)56(48)58(55)59)36-22-39(66(74,75)76)25-40(23-36)67(77,78)79;1-2/h9-18,20-29,80H,7-8,19H2,1-6H3;/b57-51+;. The van der Waals surface area contributed by atoms with Crippen molar-refractivity contribution in [2.24, 2.45) is 4.99 Å². The van der Waals surface area contributed by atoms with Crippen molar-refractivity contribution in [2.45, 2.75) is 72.7 Å². The van der Waals surface area contributed by atoms with Crippen molar-refractivity contribution in [3.8, 4) is 33.7 Å². The first-order valence-corrected chi connectivity index (χ1v) is 27.9. The van der Waals surface area contributed by atoms with E-state index in [1.807, 2.05) is 0 Å². The van der Waals surface area contributed by atoms with Crippen LogP contribution in [-0.2, 0) is 50.2 Å². The molecular formula is C67H45BF13N3O9. The molecule has 0 bridgehead atoms. The van der Waals surface area contributed by atoms with E-state index in [-0.39, 0.29) is 75.2 Å². The number of nitrogens with one attached hydrogen (secondary N) is 1. The Labute approximate surface area is 518 Å². The summed E-state index contributed by atoms with van der Waals surface area (Å²) in [7, 11) is 3.00. The number of hydrogen-bond donors (Lipinski definition) is 1. The molecule has 0 spiro atoms. The first-order valence-electron chi connectivity index (χ1n) is 27.9. The zero-order chi connectivity index (χ0) is 67.7. The van der Waals surface area contributed by atoms with Crippen LogP contribution in [0.2, 0.25) is 0 Å². The number of para-hydroxylation sites is 1. The number of carbonyl (C=O) groups excluding carboxylic acids is 3. The molecule has 11 rings (SSSR count). The Balaban J connectivity index is 0.00000468. The Kier molecular flexibility index (Phi) is 17.2. The predicted molar refractivity (Wildman–Crippen MR) is 320 cm³/mol. The van der Waals surface area contributed by atoms with E-state index in [4.69, 9.17) is 27.9 Å². The molecule has 26 heteroatoms. The molecular weight excluding hydrogens is 1250 g/mol. The molecule has 0 atom stereocenters. The lowest BCUT2D eigenvalue weighted by atomic mass is 9.86. The fourth-order valence-corrected chi connectivity index (χ4v) is 11.5. The van der Waals surface area contributed by atoms with Gasteiger partial charge in [-0.15, -0.1) is 0 Å². The van der Waals surface area contributed by atoms with Gasteiger partial charge in [-0.25, -0.2) is 14.2 Å². The summed E-state index contributed by atoms with van der Waals surface area (Å²) in [6.07, 6.45) is -20.5. The largest absolute Gasteiger partial charge is 0.462 e. The van der Waals surface area contributed by atoms with Crippen LogP contribution in [0.15, 0.2) is 152 Å². The van der Waals surface area contributed by atoms with Crippen LogP contribution in [0.5, 0.6) is 5.75 Å². The van der Waals surface area contributed by atoms with Gasteiger partial charge in [0.1, 0.15) is 16.9 Å². The van der Waals surface area contributed by atoms with Gasteiger partial charge in [-0.05, 0) is 171 Å². The van der Waals surface area contributed by atoms with Crippen LogP contribution >= 0.6 is 0 Å². The van der Waals surface area contributed by atoms with Crippen LogP contribution in [-0.4, -0.2) is 54.5 Å². The summed E-state index contributed by atoms with van der Waals surface area (Å²) in [5.74, 6) is -1.91. The van der Waals surface area contributed by atoms with E-state index >= 15 is 9.59 Å². The monoisotopic (exact) mass is 1290 g/mol. The highest BCUT2D eigenvalue weighted by Crippen LogP contribution is 2.49. The van der Waals surface area contributed by atoms with Gasteiger partial charge in [0.25, 0.3) is 11.1 Å². The summed E-state index contributed by atoms with van der Waals surface area (Å²) < 4.78 is 207. The van der Waals surface area contributed by atoms with Crippen LogP contribution in [0.1, 0.15) is 87.0 Å². The van der Waals surface area contributed by atoms with Crippen LogP contribution in [0.3, 0.4) is 0 Å². The highest BCUT2D eigenvalue weighted by atomic mass is 19.4. The molecule has 4 heterocycles. The van der Waals surface area contributed by atoms with Gasteiger partial charge in [0.2, 0.25) is 0 Å². The minimum atomic E-state index is -5.41. The van der Waals surface area contributed by atoms with Crippen molar-refractivity contribution in [1.29, 1.82) is 0 Å².